The van der Waals surface area contributed by atoms with Crippen LogP contribution in [0.4, 0.5) is 13.2 Å². The predicted octanol–water partition coefficient (Wildman–Crippen LogP) is 3.00. The molecule has 0 saturated heterocycles. The second kappa shape index (κ2) is 5.15. The molecule has 0 bridgehead atoms. The molecule has 4 nitrogen and oxygen atoms in total. The lowest BCUT2D eigenvalue weighted by molar-refractivity contribution is -0.138. The van der Waals surface area contributed by atoms with E-state index in [4.69, 9.17) is 5.11 Å². The molecule has 0 unspecified atom stereocenters. The fraction of sp³-hybridized carbons (Fsp3) is 0.385. The van der Waals surface area contributed by atoms with E-state index in [2.05, 4.69) is 4.98 Å². The average molecular weight is 286 g/mol. The first-order valence-electron chi connectivity index (χ1n) is 6.03. The first-order chi connectivity index (χ1) is 9.29. The Morgan fingerprint density at radius 2 is 2.10 bits per heavy atom. The van der Waals surface area contributed by atoms with Crippen molar-refractivity contribution in [1.82, 2.24) is 9.55 Å². The summed E-state index contributed by atoms with van der Waals surface area (Å²) < 4.78 is 39.5. The van der Waals surface area contributed by atoms with E-state index in [1.807, 2.05) is 0 Å². The van der Waals surface area contributed by atoms with Crippen molar-refractivity contribution in [2.45, 2.75) is 25.4 Å². The van der Waals surface area contributed by atoms with E-state index < -0.39 is 17.7 Å². The number of hydrogen-bond donors (Lipinski definition) is 1. The molecule has 0 saturated carbocycles. The first-order valence-corrected chi connectivity index (χ1v) is 6.03. The smallest absolute Gasteiger partial charge is 0.416 e. The number of alkyl halides is 3. The average Bonchev–Trinajstić information content (AvgIpc) is 2.65. The highest BCUT2D eigenvalue weighted by Crippen LogP contribution is 2.31. The number of imidazole rings is 1. The van der Waals surface area contributed by atoms with Gasteiger partial charge in [-0.15, -0.1) is 0 Å². The summed E-state index contributed by atoms with van der Waals surface area (Å²) in [5.74, 6) is -0.316. The van der Waals surface area contributed by atoms with E-state index in [1.165, 1.54) is 6.07 Å². The first kappa shape index (κ1) is 14.4. The molecule has 108 valence electrons. The molecule has 0 aliphatic rings. The third-order valence-electron chi connectivity index (χ3n) is 3.09. The van der Waals surface area contributed by atoms with E-state index in [0.29, 0.717) is 24.2 Å². The summed E-state index contributed by atoms with van der Waals surface area (Å²) >= 11 is 0. The minimum absolute atomic E-state index is 0.0109. The Bertz CT molecular complexity index is 647. The molecule has 20 heavy (non-hydrogen) atoms. The van der Waals surface area contributed by atoms with Gasteiger partial charge in [-0.05, 0) is 24.6 Å². The van der Waals surface area contributed by atoms with Gasteiger partial charge in [0.2, 0.25) is 0 Å². The summed E-state index contributed by atoms with van der Waals surface area (Å²) in [6.45, 7) is 0. The molecule has 2 aromatic rings. The molecule has 1 heterocycles. The van der Waals surface area contributed by atoms with Crippen LogP contribution in [0.15, 0.2) is 18.2 Å². The van der Waals surface area contributed by atoms with E-state index in [-0.39, 0.29) is 11.9 Å². The minimum atomic E-state index is -4.39. The zero-order valence-electron chi connectivity index (χ0n) is 10.7. The Balaban J connectivity index is 2.30. The van der Waals surface area contributed by atoms with E-state index >= 15 is 0 Å². The van der Waals surface area contributed by atoms with E-state index in [0.717, 1.165) is 12.1 Å². The number of aliphatic carboxylic acids is 1. The second-order valence-corrected chi connectivity index (χ2v) is 4.54. The Morgan fingerprint density at radius 3 is 2.70 bits per heavy atom. The minimum Gasteiger partial charge on any atom is -0.481 e. The van der Waals surface area contributed by atoms with Crippen LogP contribution in [0.2, 0.25) is 0 Å². The number of aromatic nitrogens is 2. The number of hydrogen-bond acceptors (Lipinski definition) is 2. The number of carbonyl (C=O) groups is 1. The van der Waals surface area contributed by atoms with Crippen LogP contribution in [0.3, 0.4) is 0 Å². The van der Waals surface area contributed by atoms with Crippen LogP contribution in [0.5, 0.6) is 0 Å². The molecule has 2 rings (SSSR count). The van der Waals surface area contributed by atoms with Gasteiger partial charge in [0.25, 0.3) is 0 Å². The number of halogens is 3. The summed E-state index contributed by atoms with van der Waals surface area (Å²) in [6, 6.07) is 3.41. The van der Waals surface area contributed by atoms with Gasteiger partial charge in [0.05, 0.1) is 16.6 Å². The summed E-state index contributed by atoms with van der Waals surface area (Å²) in [4.78, 5) is 14.6. The molecule has 7 heteroatoms. The molecule has 0 aliphatic heterocycles. The molecule has 1 aromatic heterocycles. The Morgan fingerprint density at radius 1 is 1.40 bits per heavy atom. The number of fused-ring (bicyclic) bond motifs is 1. The zero-order chi connectivity index (χ0) is 14.9. The van der Waals surface area contributed by atoms with Gasteiger partial charge in [0, 0.05) is 19.9 Å². The maximum absolute atomic E-state index is 12.6. The van der Waals surface area contributed by atoms with Crippen molar-refractivity contribution in [3.8, 4) is 0 Å². The lowest BCUT2D eigenvalue weighted by atomic mass is 10.2. The van der Waals surface area contributed by atoms with Crippen molar-refractivity contribution in [1.29, 1.82) is 0 Å². The van der Waals surface area contributed by atoms with Crippen LogP contribution in [-0.4, -0.2) is 20.6 Å². The Kier molecular flexibility index (Phi) is 3.69. The fourth-order valence-electron chi connectivity index (χ4n) is 2.05. The second-order valence-electron chi connectivity index (χ2n) is 4.54. The lowest BCUT2D eigenvalue weighted by Gasteiger charge is -2.05. The van der Waals surface area contributed by atoms with Crippen LogP contribution in [-0.2, 0) is 24.4 Å². The third-order valence-corrected chi connectivity index (χ3v) is 3.09. The topological polar surface area (TPSA) is 55.1 Å². The summed E-state index contributed by atoms with van der Waals surface area (Å²) in [7, 11) is 1.71. The van der Waals surface area contributed by atoms with Crippen molar-refractivity contribution >= 4 is 17.0 Å². The highest BCUT2D eigenvalue weighted by molar-refractivity contribution is 5.77. The van der Waals surface area contributed by atoms with Crippen LogP contribution in [0, 0.1) is 0 Å². The van der Waals surface area contributed by atoms with Crippen molar-refractivity contribution in [2.24, 2.45) is 7.05 Å². The zero-order valence-corrected chi connectivity index (χ0v) is 10.7. The molecule has 1 N–H and O–H groups in total. The number of rotatable bonds is 4. The maximum atomic E-state index is 12.6. The molecule has 0 spiro atoms. The molecule has 0 atom stereocenters. The normalized spacial score (nSPS) is 12.0. The summed E-state index contributed by atoms with van der Waals surface area (Å²) in [5.41, 5.74) is 0.135. The molecule has 0 radical (unpaired) electrons. The van der Waals surface area contributed by atoms with Crippen molar-refractivity contribution < 1.29 is 23.1 Å². The third kappa shape index (κ3) is 2.92. The van der Waals surface area contributed by atoms with E-state index in [9.17, 15) is 18.0 Å². The number of nitrogens with zero attached hydrogens (tertiary/aromatic N) is 2. The summed E-state index contributed by atoms with van der Waals surface area (Å²) in [5, 5.41) is 8.57. The van der Waals surface area contributed by atoms with Crippen LogP contribution >= 0.6 is 0 Å². The van der Waals surface area contributed by atoms with Crippen LogP contribution < -0.4 is 0 Å². The highest BCUT2D eigenvalue weighted by atomic mass is 19.4. The Hall–Kier alpha value is -2.05. The van der Waals surface area contributed by atoms with Crippen molar-refractivity contribution in [2.75, 3.05) is 0 Å². The standard InChI is InChI=1S/C13H13F3N2O2/c1-18-10-6-5-8(13(14,15)16)7-9(10)17-11(18)3-2-4-12(19)20/h5-7H,2-4H2,1H3,(H,19,20). The Labute approximate surface area is 112 Å². The highest BCUT2D eigenvalue weighted by Gasteiger charge is 2.30. The van der Waals surface area contributed by atoms with Crippen LogP contribution in [0.25, 0.3) is 11.0 Å². The molecule has 0 aliphatic carbocycles. The molecular weight excluding hydrogens is 273 g/mol. The largest absolute Gasteiger partial charge is 0.481 e. The summed E-state index contributed by atoms with van der Waals surface area (Å²) in [6.07, 6.45) is -3.57. The number of carboxylic acid groups (broad SMARTS) is 1. The number of carboxylic acids is 1. The molecule has 0 fully saturated rings. The van der Waals surface area contributed by atoms with Gasteiger partial charge in [0.15, 0.2) is 0 Å². The van der Waals surface area contributed by atoms with Gasteiger partial charge >= 0.3 is 12.1 Å². The lowest BCUT2D eigenvalue weighted by Crippen LogP contribution is -2.04. The molecule has 1 aromatic carbocycles. The van der Waals surface area contributed by atoms with Crippen LogP contribution in [0.1, 0.15) is 24.2 Å². The quantitative estimate of drug-likeness (QED) is 0.940. The number of aryl methyl sites for hydroxylation is 2. The van der Waals surface area contributed by atoms with Crippen molar-refractivity contribution in [3.05, 3.63) is 29.6 Å². The van der Waals surface area contributed by atoms with Gasteiger partial charge in [-0.2, -0.15) is 13.2 Å². The fourth-order valence-corrected chi connectivity index (χ4v) is 2.05. The van der Waals surface area contributed by atoms with E-state index in [1.54, 1.807) is 11.6 Å². The maximum Gasteiger partial charge on any atom is 0.416 e. The van der Waals surface area contributed by atoms with Gasteiger partial charge < -0.3 is 9.67 Å². The van der Waals surface area contributed by atoms with Crippen molar-refractivity contribution in [3.63, 3.8) is 0 Å². The van der Waals surface area contributed by atoms with Gasteiger partial charge in [0.1, 0.15) is 5.82 Å². The monoisotopic (exact) mass is 286 g/mol. The molecule has 0 amide bonds. The van der Waals surface area contributed by atoms with Gasteiger partial charge in [-0.25, -0.2) is 4.98 Å². The predicted molar refractivity (Wildman–Crippen MR) is 66.3 cm³/mol. The number of benzene rings is 1. The van der Waals surface area contributed by atoms with Gasteiger partial charge in [-0.1, -0.05) is 0 Å². The molecular formula is C13H13F3N2O2. The SMILES string of the molecule is Cn1c(CCCC(=O)O)nc2cc(C(F)(F)F)ccc21. The van der Waals surface area contributed by atoms with Gasteiger partial charge in [-0.3, -0.25) is 4.79 Å².